The number of aryl methyl sites for hydroxylation is 1. The first-order valence-corrected chi connectivity index (χ1v) is 7.47. The number of anilines is 1. The van der Waals surface area contributed by atoms with Crippen LogP contribution in [0.15, 0.2) is 53.0 Å². The van der Waals surface area contributed by atoms with Crippen LogP contribution in [0.25, 0.3) is 11.4 Å². The molecule has 2 N–H and O–H groups in total. The van der Waals surface area contributed by atoms with Gasteiger partial charge in [0.15, 0.2) is 5.82 Å². The Morgan fingerprint density at radius 1 is 1.18 bits per heavy atom. The number of amides is 1. The average Bonchev–Trinajstić information content (AvgIpc) is 2.96. The minimum atomic E-state index is -0.233. The Kier molecular flexibility index (Phi) is 4.02. The van der Waals surface area contributed by atoms with Crippen LogP contribution in [-0.2, 0) is 0 Å². The average molecular weight is 357 g/mol. The molecule has 0 aliphatic heterocycles. The number of carbonyl (C=O) groups is 1. The Bertz CT molecular complexity index is 828. The molecule has 6 heteroatoms. The topological polar surface area (TPSA) is 70.7 Å². The number of rotatable bonds is 3. The molecule has 0 unspecified atom stereocenters. The second kappa shape index (κ2) is 6.11. The molecule has 0 saturated carbocycles. The molecule has 22 heavy (non-hydrogen) atoms. The Morgan fingerprint density at radius 2 is 2.00 bits per heavy atom. The van der Waals surface area contributed by atoms with E-state index in [9.17, 15) is 4.79 Å². The number of hydrogen-bond acceptors (Lipinski definition) is 3. The van der Waals surface area contributed by atoms with Crippen LogP contribution in [0.3, 0.4) is 0 Å². The molecule has 0 aliphatic rings. The molecule has 0 bridgehead atoms. The molecule has 0 saturated heterocycles. The second-order valence-electron chi connectivity index (χ2n) is 4.84. The zero-order valence-electron chi connectivity index (χ0n) is 11.8. The molecular weight excluding hydrogens is 344 g/mol. The van der Waals surface area contributed by atoms with Gasteiger partial charge in [-0.2, -0.15) is 4.98 Å². The van der Waals surface area contributed by atoms with Crippen LogP contribution in [0, 0.1) is 6.92 Å². The SMILES string of the molecule is Cc1cccc(C(=O)Nc2n[nH]c(-c3cccc(Br)c3)n2)c1. The first-order chi connectivity index (χ1) is 10.6. The quantitative estimate of drug-likeness (QED) is 0.749. The molecule has 0 fully saturated rings. The number of aromatic amines is 1. The molecule has 1 aromatic heterocycles. The van der Waals surface area contributed by atoms with Crippen LogP contribution < -0.4 is 5.32 Å². The van der Waals surface area contributed by atoms with Crippen LogP contribution in [-0.4, -0.2) is 21.1 Å². The lowest BCUT2D eigenvalue weighted by Gasteiger charge is -2.01. The van der Waals surface area contributed by atoms with Gasteiger partial charge in [-0.15, -0.1) is 5.10 Å². The molecule has 0 radical (unpaired) electrons. The lowest BCUT2D eigenvalue weighted by molar-refractivity contribution is 0.102. The molecular formula is C16H13BrN4O. The third-order valence-electron chi connectivity index (χ3n) is 3.09. The zero-order chi connectivity index (χ0) is 15.5. The highest BCUT2D eigenvalue weighted by Crippen LogP contribution is 2.20. The van der Waals surface area contributed by atoms with Crippen LogP contribution in [0.4, 0.5) is 5.95 Å². The molecule has 1 amide bonds. The lowest BCUT2D eigenvalue weighted by Crippen LogP contribution is -2.13. The van der Waals surface area contributed by atoms with E-state index in [0.717, 1.165) is 15.6 Å². The minimum absolute atomic E-state index is 0.233. The summed E-state index contributed by atoms with van der Waals surface area (Å²) in [5, 5.41) is 9.53. The molecule has 0 atom stereocenters. The van der Waals surface area contributed by atoms with Gasteiger partial charge in [-0.05, 0) is 31.2 Å². The predicted molar refractivity (Wildman–Crippen MR) is 88.7 cm³/mol. The fourth-order valence-corrected chi connectivity index (χ4v) is 2.44. The van der Waals surface area contributed by atoms with Gasteiger partial charge in [0, 0.05) is 15.6 Å². The van der Waals surface area contributed by atoms with Crippen molar-refractivity contribution in [2.75, 3.05) is 5.32 Å². The van der Waals surface area contributed by atoms with E-state index in [1.165, 1.54) is 0 Å². The summed E-state index contributed by atoms with van der Waals surface area (Å²) in [6.45, 7) is 1.94. The predicted octanol–water partition coefficient (Wildman–Crippen LogP) is 3.79. The first-order valence-electron chi connectivity index (χ1n) is 6.68. The Morgan fingerprint density at radius 3 is 2.77 bits per heavy atom. The first kappa shape index (κ1) is 14.5. The Balaban J connectivity index is 1.78. The molecule has 3 aromatic rings. The van der Waals surface area contributed by atoms with E-state index >= 15 is 0 Å². The molecule has 2 aromatic carbocycles. The molecule has 110 valence electrons. The normalized spacial score (nSPS) is 10.5. The lowest BCUT2D eigenvalue weighted by atomic mass is 10.1. The fourth-order valence-electron chi connectivity index (χ4n) is 2.04. The summed E-state index contributed by atoms with van der Waals surface area (Å²) in [6, 6.07) is 15.0. The van der Waals surface area contributed by atoms with E-state index in [2.05, 4.69) is 36.4 Å². The van der Waals surface area contributed by atoms with E-state index < -0.39 is 0 Å². The Hall–Kier alpha value is -2.47. The summed E-state index contributed by atoms with van der Waals surface area (Å²) >= 11 is 3.41. The summed E-state index contributed by atoms with van der Waals surface area (Å²) in [5.41, 5.74) is 2.49. The third kappa shape index (κ3) is 3.23. The minimum Gasteiger partial charge on any atom is -0.289 e. The smallest absolute Gasteiger partial charge is 0.258 e. The van der Waals surface area contributed by atoms with Crippen LogP contribution in [0.1, 0.15) is 15.9 Å². The maximum Gasteiger partial charge on any atom is 0.258 e. The van der Waals surface area contributed by atoms with Crippen molar-refractivity contribution in [2.45, 2.75) is 6.92 Å². The van der Waals surface area contributed by atoms with Crippen molar-refractivity contribution in [2.24, 2.45) is 0 Å². The van der Waals surface area contributed by atoms with E-state index in [4.69, 9.17) is 0 Å². The third-order valence-corrected chi connectivity index (χ3v) is 3.58. The molecule has 0 aliphatic carbocycles. The Labute approximate surface area is 135 Å². The number of aromatic nitrogens is 3. The van der Waals surface area contributed by atoms with E-state index in [1.807, 2.05) is 49.4 Å². The van der Waals surface area contributed by atoms with E-state index in [0.29, 0.717) is 11.4 Å². The zero-order valence-corrected chi connectivity index (χ0v) is 13.4. The number of carbonyl (C=O) groups excluding carboxylic acids is 1. The molecule has 0 spiro atoms. The maximum absolute atomic E-state index is 12.2. The fraction of sp³-hybridized carbons (Fsp3) is 0.0625. The van der Waals surface area contributed by atoms with Gasteiger partial charge >= 0.3 is 0 Å². The van der Waals surface area contributed by atoms with Gasteiger partial charge in [0.05, 0.1) is 0 Å². The highest BCUT2D eigenvalue weighted by atomic mass is 79.9. The van der Waals surface area contributed by atoms with Crippen molar-refractivity contribution in [3.63, 3.8) is 0 Å². The number of hydrogen-bond donors (Lipinski definition) is 2. The number of nitrogens with one attached hydrogen (secondary N) is 2. The van der Waals surface area contributed by atoms with E-state index in [1.54, 1.807) is 6.07 Å². The van der Waals surface area contributed by atoms with Gasteiger partial charge in [-0.3, -0.25) is 15.2 Å². The van der Waals surface area contributed by atoms with Crippen molar-refractivity contribution >= 4 is 27.8 Å². The highest BCUT2D eigenvalue weighted by Gasteiger charge is 2.11. The van der Waals surface area contributed by atoms with E-state index in [-0.39, 0.29) is 11.9 Å². The van der Waals surface area contributed by atoms with Gasteiger partial charge in [-0.25, -0.2) is 0 Å². The molecule has 5 nitrogen and oxygen atoms in total. The van der Waals surface area contributed by atoms with Crippen molar-refractivity contribution in [1.82, 2.24) is 15.2 Å². The summed E-state index contributed by atoms with van der Waals surface area (Å²) in [4.78, 5) is 16.4. The van der Waals surface area contributed by atoms with Crippen molar-refractivity contribution in [3.05, 3.63) is 64.1 Å². The van der Waals surface area contributed by atoms with Gasteiger partial charge in [-0.1, -0.05) is 45.8 Å². The second-order valence-corrected chi connectivity index (χ2v) is 5.76. The summed E-state index contributed by atoms with van der Waals surface area (Å²) < 4.78 is 0.951. The standard InChI is InChI=1S/C16H13BrN4O/c1-10-4-2-6-12(8-10)15(22)19-16-18-14(20-21-16)11-5-3-7-13(17)9-11/h2-9H,1H3,(H2,18,19,20,21,22). The number of nitrogens with zero attached hydrogens (tertiary/aromatic N) is 2. The summed E-state index contributed by atoms with van der Waals surface area (Å²) in [7, 11) is 0. The monoisotopic (exact) mass is 356 g/mol. The van der Waals surface area contributed by atoms with Gasteiger partial charge in [0.25, 0.3) is 5.91 Å². The highest BCUT2D eigenvalue weighted by molar-refractivity contribution is 9.10. The number of benzene rings is 2. The van der Waals surface area contributed by atoms with Gasteiger partial charge < -0.3 is 0 Å². The van der Waals surface area contributed by atoms with Crippen LogP contribution in [0.2, 0.25) is 0 Å². The van der Waals surface area contributed by atoms with Crippen molar-refractivity contribution < 1.29 is 4.79 Å². The van der Waals surface area contributed by atoms with Crippen molar-refractivity contribution in [3.8, 4) is 11.4 Å². The van der Waals surface area contributed by atoms with Crippen LogP contribution in [0.5, 0.6) is 0 Å². The number of H-pyrrole nitrogens is 1. The summed E-state index contributed by atoms with van der Waals surface area (Å²) in [6.07, 6.45) is 0. The van der Waals surface area contributed by atoms with Gasteiger partial charge in [0.1, 0.15) is 0 Å². The maximum atomic E-state index is 12.2. The molecule has 1 heterocycles. The van der Waals surface area contributed by atoms with Crippen molar-refractivity contribution in [1.29, 1.82) is 0 Å². The largest absolute Gasteiger partial charge is 0.289 e. The van der Waals surface area contributed by atoms with Crippen LogP contribution >= 0.6 is 15.9 Å². The summed E-state index contributed by atoms with van der Waals surface area (Å²) in [5.74, 6) is 0.616. The number of halogens is 1. The van der Waals surface area contributed by atoms with Gasteiger partial charge in [0.2, 0.25) is 5.95 Å². The molecule has 3 rings (SSSR count).